The van der Waals surface area contributed by atoms with Crippen molar-refractivity contribution in [1.82, 2.24) is 30.6 Å². The number of amides is 2. The Bertz CT molecular complexity index is 1640. The maximum absolute atomic E-state index is 13.3. The molecule has 4 aromatic rings. The summed E-state index contributed by atoms with van der Waals surface area (Å²) in [5, 5.41) is 36.0. The lowest BCUT2D eigenvalue weighted by Gasteiger charge is -2.35. The van der Waals surface area contributed by atoms with Gasteiger partial charge in [-0.1, -0.05) is 54.1 Å². The summed E-state index contributed by atoms with van der Waals surface area (Å²) in [6.45, 7) is 1.14. The van der Waals surface area contributed by atoms with Gasteiger partial charge in [0.05, 0.1) is 17.2 Å². The number of carbonyl (C=O) groups is 3. The molecule has 0 saturated carbocycles. The molecule has 1 aliphatic rings. The van der Waals surface area contributed by atoms with Crippen molar-refractivity contribution < 1.29 is 37.8 Å². The van der Waals surface area contributed by atoms with E-state index in [0.29, 0.717) is 24.5 Å². The largest absolute Gasteiger partial charge is 0.476 e. The van der Waals surface area contributed by atoms with Crippen LogP contribution >= 0.6 is 11.6 Å². The minimum Gasteiger partial charge on any atom is -0.476 e. The van der Waals surface area contributed by atoms with Crippen LogP contribution in [0.3, 0.4) is 0 Å². The first kappa shape index (κ1) is 33.7. The van der Waals surface area contributed by atoms with E-state index in [9.17, 15) is 32.7 Å². The molecule has 240 valence electrons. The Labute approximate surface area is 265 Å². The van der Waals surface area contributed by atoms with E-state index in [1.165, 1.54) is 41.3 Å². The van der Waals surface area contributed by atoms with Crippen LogP contribution in [0.15, 0.2) is 78.9 Å². The monoisotopic (exact) mass is 657 g/mol. The predicted octanol–water partition coefficient (Wildman–Crippen LogP) is 3.75. The Balaban J connectivity index is 0.000000409. The molecule has 46 heavy (non-hydrogen) atoms. The fourth-order valence-corrected chi connectivity index (χ4v) is 4.44. The lowest BCUT2D eigenvalue weighted by atomic mass is 10.1. The standard InChI is InChI=1S/C25H24F3N5O3.C5H3ClN2O2/c26-25(27,28)19-9-5-4-8-18(19)24(36)33-14-12-32(13-15-33)22-11-10-20(30-31-22)23(35)29-16-21(34)17-6-2-1-3-7-17;6-4-2-1-3(5(9)10)7-8-4/h1-11,21,34H,12-16H2,(H,29,35);1-2H,(H,9,10)/t21-;/m0./s1. The molecule has 0 spiro atoms. The maximum atomic E-state index is 13.3. The number of carbonyl (C=O) groups excluding carboxylic acids is 2. The minimum atomic E-state index is -4.61. The number of aliphatic hydroxyl groups excluding tert-OH is 1. The van der Waals surface area contributed by atoms with Gasteiger partial charge >= 0.3 is 12.1 Å². The number of piperazine rings is 1. The van der Waals surface area contributed by atoms with Gasteiger partial charge in [0.15, 0.2) is 22.4 Å². The van der Waals surface area contributed by atoms with Crippen LogP contribution in [0.1, 0.15) is 48.6 Å². The highest BCUT2D eigenvalue weighted by Gasteiger charge is 2.36. The number of alkyl halides is 3. The number of benzene rings is 2. The lowest BCUT2D eigenvalue weighted by Crippen LogP contribution is -2.49. The fraction of sp³-hybridized carbons (Fsp3) is 0.233. The zero-order valence-corrected chi connectivity index (χ0v) is 24.7. The Morgan fingerprint density at radius 3 is 2.04 bits per heavy atom. The molecule has 5 rings (SSSR count). The van der Waals surface area contributed by atoms with Crippen LogP contribution in [0, 0.1) is 0 Å². The summed E-state index contributed by atoms with van der Waals surface area (Å²) >= 11 is 5.35. The smallest absolute Gasteiger partial charge is 0.417 e. The van der Waals surface area contributed by atoms with Crippen LogP contribution < -0.4 is 10.2 Å². The summed E-state index contributed by atoms with van der Waals surface area (Å²) in [5.74, 6) is -1.77. The third kappa shape index (κ3) is 8.95. The molecule has 12 nitrogen and oxygen atoms in total. The SMILES string of the molecule is O=C(NC[C@H](O)c1ccccc1)c1ccc(N2CCN(C(=O)c3ccccc3C(F)(F)F)CC2)nn1.O=C(O)c1ccc(Cl)nn1. The quantitative estimate of drug-likeness (QED) is 0.267. The molecule has 2 aromatic carbocycles. The zero-order valence-electron chi connectivity index (χ0n) is 23.9. The highest BCUT2D eigenvalue weighted by molar-refractivity contribution is 6.29. The molecule has 3 heterocycles. The van der Waals surface area contributed by atoms with E-state index in [-0.39, 0.29) is 41.7 Å². The molecule has 1 atom stereocenters. The predicted molar refractivity (Wildman–Crippen MR) is 159 cm³/mol. The number of aromatic carboxylic acids is 1. The van der Waals surface area contributed by atoms with Crippen LogP contribution in [-0.2, 0) is 6.18 Å². The minimum absolute atomic E-state index is 0.0136. The first-order valence-corrected chi connectivity index (χ1v) is 14.1. The summed E-state index contributed by atoms with van der Waals surface area (Å²) in [4.78, 5) is 38.5. The molecule has 0 unspecified atom stereocenters. The van der Waals surface area contributed by atoms with E-state index in [1.807, 2.05) is 11.0 Å². The van der Waals surface area contributed by atoms with Crippen molar-refractivity contribution >= 4 is 35.2 Å². The van der Waals surface area contributed by atoms with Crippen molar-refractivity contribution in [2.45, 2.75) is 12.3 Å². The fourth-order valence-electron chi connectivity index (χ4n) is 4.34. The van der Waals surface area contributed by atoms with Gasteiger partial charge in [-0.05, 0) is 42.0 Å². The number of hydrogen-bond acceptors (Lipinski definition) is 9. The average molecular weight is 658 g/mol. The Hall–Kier alpha value is -5.15. The van der Waals surface area contributed by atoms with Crippen LogP contribution in [0.25, 0.3) is 0 Å². The third-order valence-corrected chi connectivity index (χ3v) is 6.93. The Morgan fingerprint density at radius 1 is 0.826 bits per heavy atom. The number of carboxylic acid groups (broad SMARTS) is 1. The summed E-state index contributed by atoms with van der Waals surface area (Å²) in [6, 6.07) is 19.5. The lowest BCUT2D eigenvalue weighted by molar-refractivity contribution is -0.138. The molecule has 2 amide bonds. The molecule has 16 heteroatoms. The second kappa shape index (κ2) is 15.2. The number of aromatic nitrogens is 4. The Kier molecular flexibility index (Phi) is 11.2. The summed E-state index contributed by atoms with van der Waals surface area (Å²) in [7, 11) is 0. The number of carboxylic acids is 1. The van der Waals surface area contributed by atoms with Gasteiger partial charge in [-0.15, -0.1) is 20.4 Å². The van der Waals surface area contributed by atoms with E-state index in [0.717, 1.165) is 6.07 Å². The van der Waals surface area contributed by atoms with Gasteiger partial charge in [-0.2, -0.15) is 13.2 Å². The van der Waals surface area contributed by atoms with E-state index in [2.05, 4.69) is 25.7 Å². The van der Waals surface area contributed by atoms with Crippen LogP contribution in [-0.4, -0.2) is 86.0 Å². The van der Waals surface area contributed by atoms with Crippen molar-refractivity contribution in [2.24, 2.45) is 0 Å². The molecular formula is C30H27ClF3N7O5. The first-order chi connectivity index (χ1) is 21.9. The number of rotatable bonds is 7. The number of halogens is 4. The average Bonchev–Trinajstić information content (AvgIpc) is 3.07. The van der Waals surface area contributed by atoms with Gasteiger partial charge in [0, 0.05) is 32.7 Å². The van der Waals surface area contributed by atoms with Crippen molar-refractivity contribution in [1.29, 1.82) is 0 Å². The number of hydrogen-bond donors (Lipinski definition) is 3. The van der Waals surface area contributed by atoms with Crippen molar-refractivity contribution in [3.05, 3.63) is 112 Å². The normalized spacial score (nSPS) is 13.7. The zero-order chi connectivity index (χ0) is 33.3. The molecule has 1 saturated heterocycles. The van der Waals surface area contributed by atoms with Crippen LogP contribution in [0.2, 0.25) is 5.15 Å². The molecule has 1 fully saturated rings. The van der Waals surface area contributed by atoms with Gasteiger partial charge in [-0.3, -0.25) is 9.59 Å². The van der Waals surface area contributed by atoms with Crippen LogP contribution in [0.4, 0.5) is 19.0 Å². The number of nitrogens with one attached hydrogen (secondary N) is 1. The second-order valence-corrected chi connectivity index (χ2v) is 10.2. The maximum Gasteiger partial charge on any atom is 0.417 e. The van der Waals surface area contributed by atoms with E-state index in [1.54, 1.807) is 30.3 Å². The Morgan fingerprint density at radius 2 is 1.46 bits per heavy atom. The van der Waals surface area contributed by atoms with E-state index >= 15 is 0 Å². The first-order valence-electron chi connectivity index (χ1n) is 13.7. The van der Waals surface area contributed by atoms with Gasteiger partial charge in [-0.25, -0.2) is 4.79 Å². The van der Waals surface area contributed by atoms with Crippen molar-refractivity contribution in [3.63, 3.8) is 0 Å². The van der Waals surface area contributed by atoms with Gasteiger partial charge < -0.3 is 25.3 Å². The van der Waals surface area contributed by atoms with Gasteiger partial charge in [0.25, 0.3) is 11.8 Å². The topological polar surface area (TPSA) is 162 Å². The van der Waals surface area contributed by atoms with Gasteiger partial charge in [0.1, 0.15) is 0 Å². The number of aliphatic hydroxyl groups is 1. The van der Waals surface area contributed by atoms with Crippen molar-refractivity contribution in [2.75, 3.05) is 37.6 Å². The van der Waals surface area contributed by atoms with E-state index in [4.69, 9.17) is 16.7 Å². The van der Waals surface area contributed by atoms with Gasteiger partial charge in [0.2, 0.25) is 0 Å². The molecule has 0 aliphatic carbocycles. The summed E-state index contributed by atoms with van der Waals surface area (Å²) in [5.41, 5.74) is -0.667. The molecule has 0 radical (unpaired) electrons. The highest BCUT2D eigenvalue weighted by Crippen LogP contribution is 2.32. The molecule has 0 bridgehead atoms. The highest BCUT2D eigenvalue weighted by atomic mass is 35.5. The van der Waals surface area contributed by atoms with E-state index < -0.39 is 35.6 Å². The molecule has 2 aromatic heterocycles. The second-order valence-electron chi connectivity index (χ2n) is 9.78. The third-order valence-electron chi connectivity index (χ3n) is 6.73. The number of anilines is 1. The summed E-state index contributed by atoms with van der Waals surface area (Å²) < 4.78 is 39.8. The summed E-state index contributed by atoms with van der Waals surface area (Å²) in [6.07, 6.45) is -5.47. The molecular weight excluding hydrogens is 631 g/mol. The molecule has 3 N–H and O–H groups in total. The number of nitrogens with zero attached hydrogens (tertiary/aromatic N) is 6. The van der Waals surface area contributed by atoms with Crippen molar-refractivity contribution in [3.8, 4) is 0 Å². The van der Waals surface area contributed by atoms with Crippen LogP contribution in [0.5, 0.6) is 0 Å². The molecule has 1 aliphatic heterocycles.